The highest BCUT2D eigenvalue weighted by atomic mass is 16.5. The number of nitrogens with zero attached hydrogens (tertiary/aromatic N) is 3. The number of ether oxygens (including phenoxy) is 1. The van der Waals surface area contributed by atoms with Crippen LogP contribution in [0.3, 0.4) is 0 Å². The fraction of sp³-hybridized carbons (Fsp3) is 0.611. The van der Waals surface area contributed by atoms with Gasteiger partial charge in [0, 0.05) is 57.6 Å². The predicted octanol–water partition coefficient (Wildman–Crippen LogP) is 1.97. The summed E-state index contributed by atoms with van der Waals surface area (Å²) in [7, 11) is 0. The predicted molar refractivity (Wildman–Crippen MR) is 93.1 cm³/mol. The minimum Gasteiger partial charge on any atom is -0.372 e. The van der Waals surface area contributed by atoms with Crippen LogP contribution in [0.1, 0.15) is 20.8 Å². The molecule has 0 saturated carbocycles. The van der Waals surface area contributed by atoms with Crippen molar-refractivity contribution in [1.82, 2.24) is 4.90 Å². The highest BCUT2D eigenvalue weighted by Gasteiger charge is 2.23. The Morgan fingerprint density at radius 3 is 1.87 bits per heavy atom. The summed E-state index contributed by atoms with van der Waals surface area (Å²) in [4.78, 5) is 18.1. The zero-order valence-electron chi connectivity index (χ0n) is 14.4. The van der Waals surface area contributed by atoms with Crippen molar-refractivity contribution >= 4 is 17.3 Å². The Bertz CT molecular complexity index is 528. The standard InChI is InChI=1S/C18H27N3O2/c1-14-12-21(13-15(2)23-14)18-6-4-17(5-7-18)20-10-8-19(9-11-20)16(3)22/h4-7,14-15H,8-13H2,1-3H3/t14-,15+. The van der Waals surface area contributed by atoms with Crippen molar-refractivity contribution in [2.75, 3.05) is 49.1 Å². The van der Waals surface area contributed by atoms with Crippen molar-refractivity contribution in [2.24, 2.45) is 0 Å². The molecule has 0 unspecified atom stereocenters. The van der Waals surface area contributed by atoms with Gasteiger partial charge in [0.1, 0.15) is 0 Å². The van der Waals surface area contributed by atoms with Crippen molar-refractivity contribution in [3.63, 3.8) is 0 Å². The lowest BCUT2D eigenvalue weighted by Gasteiger charge is -2.38. The molecule has 1 aromatic rings. The van der Waals surface area contributed by atoms with Crippen molar-refractivity contribution in [3.8, 4) is 0 Å². The van der Waals surface area contributed by atoms with Crippen LogP contribution in [0.25, 0.3) is 0 Å². The molecule has 1 amide bonds. The van der Waals surface area contributed by atoms with Gasteiger partial charge in [-0.3, -0.25) is 4.79 Å². The lowest BCUT2D eigenvalue weighted by molar-refractivity contribution is -0.129. The van der Waals surface area contributed by atoms with Gasteiger partial charge in [0.15, 0.2) is 0 Å². The van der Waals surface area contributed by atoms with E-state index in [9.17, 15) is 4.79 Å². The number of carbonyl (C=O) groups excluding carboxylic acids is 1. The van der Waals surface area contributed by atoms with Crippen LogP contribution in [-0.4, -0.2) is 62.3 Å². The number of rotatable bonds is 2. The normalized spacial score (nSPS) is 25.6. The number of hydrogen-bond donors (Lipinski definition) is 0. The molecule has 2 heterocycles. The second-order valence-corrected chi connectivity index (χ2v) is 6.67. The van der Waals surface area contributed by atoms with E-state index in [0.29, 0.717) is 0 Å². The van der Waals surface area contributed by atoms with E-state index in [1.54, 1.807) is 6.92 Å². The van der Waals surface area contributed by atoms with E-state index in [-0.39, 0.29) is 18.1 Å². The molecule has 0 radical (unpaired) electrons. The van der Waals surface area contributed by atoms with Crippen LogP contribution >= 0.6 is 0 Å². The average Bonchev–Trinajstić information content (AvgIpc) is 2.54. The smallest absolute Gasteiger partial charge is 0.219 e. The average molecular weight is 317 g/mol. The van der Waals surface area contributed by atoms with Crippen molar-refractivity contribution in [3.05, 3.63) is 24.3 Å². The van der Waals surface area contributed by atoms with Crippen molar-refractivity contribution < 1.29 is 9.53 Å². The lowest BCUT2D eigenvalue weighted by atomic mass is 10.1. The maximum absolute atomic E-state index is 11.4. The van der Waals surface area contributed by atoms with Crippen LogP contribution in [0.4, 0.5) is 11.4 Å². The summed E-state index contributed by atoms with van der Waals surface area (Å²) in [5, 5.41) is 0. The molecule has 5 heteroatoms. The second-order valence-electron chi connectivity index (χ2n) is 6.67. The third-order valence-corrected chi connectivity index (χ3v) is 4.72. The molecule has 2 aliphatic heterocycles. The van der Waals surface area contributed by atoms with Gasteiger partial charge < -0.3 is 19.4 Å². The molecule has 2 fully saturated rings. The summed E-state index contributed by atoms with van der Waals surface area (Å²) in [5.41, 5.74) is 2.50. The molecule has 0 N–H and O–H groups in total. The number of carbonyl (C=O) groups is 1. The molecule has 5 nitrogen and oxygen atoms in total. The minimum absolute atomic E-state index is 0.176. The first-order valence-electron chi connectivity index (χ1n) is 8.54. The van der Waals surface area contributed by atoms with Gasteiger partial charge in [-0.15, -0.1) is 0 Å². The molecule has 126 valence electrons. The fourth-order valence-electron chi connectivity index (χ4n) is 3.54. The molecule has 1 aromatic carbocycles. The molecular weight excluding hydrogens is 290 g/mol. The Balaban J connectivity index is 1.62. The van der Waals surface area contributed by atoms with Crippen LogP contribution < -0.4 is 9.80 Å². The lowest BCUT2D eigenvalue weighted by Crippen LogP contribution is -2.48. The van der Waals surface area contributed by atoms with Gasteiger partial charge in [0.25, 0.3) is 0 Å². The zero-order chi connectivity index (χ0) is 16.4. The zero-order valence-corrected chi connectivity index (χ0v) is 14.4. The van der Waals surface area contributed by atoms with Crippen molar-refractivity contribution in [1.29, 1.82) is 0 Å². The number of benzene rings is 1. The first-order chi connectivity index (χ1) is 11.0. The van der Waals surface area contributed by atoms with Crippen LogP contribution in [0.15, 0.2) is 24.3 Å². The first-order valence-corrected chi connectivity index (χ1v) is 8.54. The minimum atomic E-state index is 0.176. The SMILES string of the molecule is CC(=O)N1CCN(c2ccc(N3C[C@@H](C)O[C@@H](C)C3)cc2)CC1. The summed E-state index contributed by atoms with van der Waals surface area (Å²) in [6, 6.07) is 8.81. The van der Waals surface area contributed by atoms with Crippen LogP contribution in [-0.2, 0) is 9.53 Å². The summed E-state index contributed by atoms with van der Waals surface area (Å²) in [6.07, 6.45) is 0.552. The van der Waals surface area contributed by atoms with E-state index in [0.717, 1.165) is 39.3 Å². The van der Waals surface area contributed by atoms with E-state index in [2.05, 4.69) is 47.9 Å². The van der Waals surface area contributed by atoms with Gasteiger partial charge in [-0.25, -0.2) is 0 Å². The second kappa shape index (κ2) is 6.79. The molecule has 23 heavy (non-hydrogen) atoms. The van der Waals surface area contributed by atoms with Crippen LogP contribution in [0.2, 0.25) is 0 Å². The van der Waals surface area contributed by atoms with Gasteiger partial charge in [-0.1, -0.05) is 0 Å². The molecule has 3 rings (SSSR count). The van der Waals surface area contributed by atoms with Gasteiger partial charge in [-0.2, -0.15) is 0 Å². The largest absolute Gasteiger partial charge is 0.372 e. The van der Waals surface area contributed by atoms with E-state index in [1.165, 1.54) is 11.4 Å². The van der Waals surface area contributed by atoms with Crippen LogP contribution in [0, 0.1) is 0 Å². The number of anilines is 2. The van der Waals surface area contributed by atoms with Gasteiger partial charge in [-0.05, 0) is 38.1 Å². The quantitative estimate of drug-likeness (QED) is 0.835. The Morgan fingerprint density at radius 1 is 0.913 bits per heavy atom. The summed E-state index contributed by atoms with van der Waals surface area (Å²) in [6.45, 7) is 11.2. The molecule has 2 saturated heterocycles. The van der Waals surface area contributed by atoms with E-state index >= 15 is 0 Å². The highest BCUT2D eigenvalue weighted by Crippen LogP contribution is 2.24. The number of hydrogen-bond acceptors (Lipinski definition) is 4. The highest BCUT2D eigenvalue weighted by molar-refractivity contribution is 5.73. The third-order valence-electron chi connectivity index (χ3n) is 4.72. The Morgan fingerprint density at radius 2 is 1.39 bits per heavy atom. The number of piperazine rings is 1. The third kappa shape index (κ3) is 3.78. The summed E-state index contributed by atoms with van der Waals surface area (Å²) >= 11 is 0. The van der Waals surface area contributed by atoms with Gasteiger partial charge in [0.2, 0.25) is 5.91 Å². The van der Waals surface area contributed by atoms with Gasteiger partial charge >= 0.3 is 0 Å². The molecule has 0 aromatic heterocycles. The maximum Gasteiger partial charge on any atom is 0.219 e. The maximum atomic E-state index is 11.4. The molecule has 2 aliphatic rings. The fourth-order valence-corrected chi connectivity index (χ4v) is 3.54. The molecule has 0 bridgehead atoms. The van der Waals surface area contributed by atoms with E-state index in [1.807, 2.05) is 4.90 Å². The Hall–Kier alpha value is -1.75. The summed E-state index contributed by atoms with van der Waals surface area (Å²) in [5.74, 6) is 0.176. The summed E-state index contributed by atoms with van der Waals surface area (Å²) < 4.78 is 5.80. The van der Waals surface area contributed by atoms with Gasteiger partial charge in [0.05, 0.1) is 12.2 Å². The molecule has 2 atom stereocenters. The number of amides is 1. The van der Waals surface area contributed by atoms with Crippen molar-refractivity contribution in [2.45, 2.75) is 33.0 Å². The molecular formula is C18H27N3O2. The Kier molecular flexibility index (Phi) is 4.76. The van der Waals surface area contributed by atoms with E-state index < -0.39 is 0 Å². The monoisotopic (exact) mass is 317 g/mol. The topological polar surface area (TPSA) is 36.0 Å². The number of morpholine rings is 1. The van der Waals surface area contributed by atoms with E-state index in [4.69, 9.17) is 4.74 Å². The van der Waals surface area contributed by atoms with Crippen LogP contribution in [0.5, 0.6) is 0 Å². The first kappa shape index (κ1) is 16.1. The molecule has 0 aliphatic carbocycles. The molecule has 0 spiro atoms. The Labute approximate surface area is 138 Å².